The van der Waals surface area contributed by atoms with Crippen LogP contribution in [0.2, 0.25) is 0 Å². The van der Waals surface area contributed by atoms with E-state index in [0.717, 1.165) is 38.4 Å². The Hall–Kier alpha value is -0.120. The number of nitrogens with zero attached hydrogens (tertiary/aromatic N) is 1. The van der Waals surface area contributed by atoms with Gasteiger partial charge in [-0.05, 0) is 56.5 Å². The van der Waals surface area contributed by atoms with Crippen LogP contribution >= 0.6 is 0 Å². The smallest absolute Gasteiger partial charge is 0.0900 e. The van der Waals surface area contributed by atoms with Crippen LogP contribution in [0.4, 0.5) is 0 Å². The van der Waals surface area contributed by atoms with Crippen LogP contribution in [0, 0.1) is 11.3 Å². The molecule has 0 aromatic rings. The van der Waals surface area contributed by atoms with Gasteiger partial charge in [0.15, 0.2) is 0 Å². The van der Waals surface area contributed by atoms with Crippen molar-refractivity contribution in [1.29, 1.82) is 0 Å². The Morgan fingerprint density at radius 3 is 2.55 bits per heavy atom. The zero-order chi connectivity index (χ0) is 14.6. The number of likely N-dealkylation sites (tertiary alicyclic amines) is 1. The molecule has 1 saturated heterocycles. The van der Waals surface area contributed by atoms with E-state index in [1.807, 2.05) is 0 Å². The van der Waals surface area contributed by atoms with Crippen molar-refractivity contribution >= 4 is 0 Å². The molecule has 1 saturated carbocycles. The van der Waals surface area contributed by atoms with Crippen LogP contribution in [0.3, 0.4) is 0 Å². The zero-order valence-electron chi connectivity index (χ0n) is 13.6. The van der Waals surface area contributed by atoms with Gasteiger partial charge in [0.25, 0.3) is 0 Å². The minimum atomic E-state index is -0.326. The van der Waals surface area contributed by atoms with E-state index in [4.69, 9.17) is 4.74 Å². The van der Waals surface area contributed by atoms with Crippen molar-refractivity contribution in [3.8, 4) is 0 Å². The number of rotatable bonds is 5. The monoisotopic (exact) mass is 283 g/mol. The summed E-state index contributed by atoms with van der Waals surface area (Å²) in [5.74, 6) is 0.739. The lowest BCUT2D eigenvalue weighted by Crippen LogP contribution is -2.40. The molecule has 0 aromatic carbocycles. The summed E-state index contributed by atoms with van der Waals surface area (Å²) >= 11 is 0. The lowest BCUT2D eigenvalue weighted by atomic mass is 9.71. The Morgan fingerprint density at radius 2 is 1.90 bits per heavy atom. The second-order valence-corrected chi connectivity index (χ2v) is 7.88. The van der Waals surface area contributed by atoms with Gasteiger partial charge in [0.1, 0.15) is 0 Å². The van der Waals surface area contributed by atoms with E-state index in [9.17, 15) is 5.11 Å². The maximum atomic E-state index is 10.2. The standard InChI is InChI=1S/C17H33NO2/c1-14-9-16(11-17(2,3)10-14)20-13-15(19)12-18-7-5-4-6-8-18/h14-16,19H,4-13H2,1-3H3/t14-,15+,16+/m0/s1. The molecule has 3 atom stereocenters. The molecular weight excluding hydrogens is 250 g/mol. The summed E-state index contributed by atoms with van der Waals surface area (Å²) in [7, 11) is 0. The highest BCUT2D eigenvalue weighted by Gasteiger charge is 2.32. The Balaban J connectivity index is 1.68. The molecule has 0 bridgehead atoms. The molecule has 0 aromatic heterocycles. The topological polar surface area (TPSA) is 32.7 Å². The predicted octanol–water partition coefficient (Wildman–Crippen LogP) is 3.06. The van der Waals surface area contributed by atoms with Crippen LogP contribution in [0.25, 0.3) is 0 Å². The fourth-order valence-corrected chi connectivity index (χ4v) is 4.13. The number of hydrogen-bond donors (Lipinski definition) is 1. The van der Waals surface area contributed by atoms with Crippen molar-refractivity contribution < 1.29 is 9.84 Å². The van der Waals surface area contributed by atoms with E-state index in [1.165, 1.54) is 25.7 Å². The van der Waals surface area contributed by atoms with Gasteiger partial charge >= 0.3 is 0 Å². The maximum Gasteiger partial charge on any atom is 0.0900 e. The summed E-state index contributed by atoms with van der Waals surface area (Å²) in [6, 6.07) is 0. The largest absolute Gasteiger partial charge is 0.389 e. The first kappa shape index (κ1) is 16.3. The predicted molar refractivity (Wildman–Crippen MR) is 82.8 cm³/mol. The van der Waals surface area contributed by atoms with Crippen molar-refractivity contribution in [2.75, 3.05) is 26.2 Å². The van der Waals surface area contributed by atoms with E-state index < -0.39 is 0 Å². The number of aliphatic hydroxyl groups excluding tert-OH is 1. The van der Waals surface area contributed by atoms with Gasteiger partial charge in [0.2, 0.25) is 0 Å². The summed E-state index contributed by atoms with van der Waals surface area (Å²) in [5.41, 5.74) is 0.389. The number of β-amino-alcohol motifs (C(OH)–C–C–N with tert-alkyl or cyclic N) is 1. The van der Waals surface area contributed by atoms with E-state index in [2.05, 4.69) is 25.7 Å². The third-order valence-electron chi connectivity index (χ3n) is 4.79. The fraction of sp³-hybridized carbons (Fsp3) is 1.00. The van der Waals surface area contributed by atoms with Gasteiger partial charge in [-0.3, -0.25) is 0 Å². The number of aliphatic hydroxyl groups is 1. The van der Waals surface area contributed by atoms with Gasteiger partial charge in [-0.25, -0.2) is 0 Å². The first-order valence-corrected chi connectivity index (χ1v) is 8.47. The molecule has 20 heavy (non-hydrogen) atoms. The molecule has 2 rings (SSSR count). The van der Waals surface area contributed by atoms with Crippen LogP contribution in [-0.4, -0.2) is 48.5 Å². The molecule has 2 aliphatic rings. The Labute approximate surface area is 124 Å². The van der Waals surface area contributed by atoms with Crippen molar-refractivity contribution in [1.82, 2.24) is 4.90 Å². The highest BCUT2D eigenvalue weighted by atomic mass is 16.5. The normalized spacial score (nSPS) is 33.0. The highest BCUT2D eigenvalue weighted by molar-refractivity contribution is 4.83. The Morgan fingerprint density at radius 1 is 1.20 bits per heavy atom. The number of piperidine rings is 1. The van der Waals surface area contributed by atoms with Crippen molar-refractivity contribution in [3.63, 3.8) is 0 Å². The molecule has 1 heterocycles. The minimum absolute atomic E-state index is 0.326. The summed E-state index contributed by atoms with van der Waals surface area (Å²) in [6.07, 6.45) is 7.50. The number of hydrogen-bond acceptors (Lipinski definition) is 3. The maximum absolute atomic E-state index is 10.2. The number of ether oxygens (including phenoxy) is 1. The fourth-order valence-electron chi connectivity index (χ4n) is 4.13. The van der Waals surface area contributed by atoms with E-state index >= 15 is 0 Å². The molecule has 2 fully saturated rings. The van der Waals surface area contributed by atoms with Gasteiger partial charge in [0.05, 0.1) is 18.8 Å². The minimum Gasteiger partial charge on any atom is -0.389 e. The second kappa shape index (κ2) is 7.24. The van der Waals surface area contributed by atoms with E-state index in [-0.39, 0.29) is 6.10 Å². The average Bonchev–Trinajstić information content (AvgIpc) is 2.35. The van der Waals surface area contributed by atoms with Crippen molar-refractivity contribution in [3.05, 3.63) is 0 Å². The van der Waals surface area contributed by atoms with Crippen molar-refractivity contribution in [2.24, 2.45) is 11.3 Å². The zero-order valence-corrected chi connectivity index (χ0v) is 13.6. The van der Waals surface area contributed by atoms with Gasteiger partial charge in [-0.1, -0.05) is 27.2 Å². The Kier molecular flexibility index (Phi) is 5.88. The molecule has 0 spiro atoms. The quantitative estimate of drug-likeness (QED) is 0.841. The van der Waals surface area contributed by atoms with Crippen LogP contribution < -0.4 is 0 Å². The lowest BCUT2D eigenvalue weighted by molar-refractivity contribution is -0.0621. The molecule has 1 N–H and O–H groups in total. The SMILES string of the molecule is C[C@H]1C[C@@H](OC[C@H](O)CN2CCCCC2)CC(C)(C)C1. The molecular formula is C17H33NO2. The summed E-state index contributed by atoms with van der Waals surface area (Å²) < 4.78 is 6.02. The van der Waals surface area contributed by atoms with Crippen LogP contribution in [0.1, 0.15) is 59.3 Å². The molecule has 0 unspecified atom stereocenters. The molecule has 1 aliphatic heterocycles. The van der Waals surface area contributed by atoms with Gasteiger partial charge in [-0.15, -0.1) is 0 Å². The van der Waals surface area contributed by atoms with E-state index in [0.29, 0.717) is 18.1 Å². The second-order valence-electron chi connectivity index (χ2n) is 7.88. The summed E-state index contributed by atoms with van der Waals surface area (Å²) in [5, 5.41) is 10.2. The summed E-state index contributed by atoms with van der Waals surface area (Å²) in [6.45, 7) is 10.6. The van der Waals surface area contributed by atoms with E-state index in [1.54, 1.807) is 0 Å². The van der Waals surface area contributed by atoms with Gasteiger partial charge in [0, 0.05) is 6.54 Å². The third kappa shape index (κ3) is 5.34. The molecule has 3 heteroatoms. The first-order valence-electron chi connectivity index (χ1n) is 8.47. The molecule has 118 valence electrons. The lowest BCUT2D eigenvalue weighted by Gasteiger charge is -2.39. The molecule has 3 nitrogen and oxygen atoms in total. The van der Waals surface area contributed by atoms with Crippen molar-refractivity contribution in [2.45, 2.75) is 71.5 Å². The molecule has 0 radical (unpaired) electrons. The third-order valence-corrected chi connectivity index (χ3v) is 4.79. The Bertz CT molecular complexity index is 287. The summed E-state index contributed by atoms with van der Waals surface area (Å²) in [4.78, 5) is 2.38. The van der Waals surface area contributed by atoms with Crippen LogP contribution in [0.15, 0.2) is 0 Å². The first-order chi connectivity index (χ1) is 9.44. The van der Waals surface area contributed by atoms with Gasteiger partial charge in [-0.2, -0.15) is 0 Å². The molecule has 1 aliphatic carbocycles. The van der Waals surface area contributed by atoms with Gasteiger partial charge < -0.3 is 14.7 Å². The van der Waals surface area contributed by atoms with Crippen LogP contribution in [-0.2, 0) is 4.74 Å². The van der Waals surface area contributed by atoms with Crippen LogP contribution in [0.5, 0.6) is 0 Å². The highest BCUT2D eigenvalue weighted by Crippen LogP contribution is 2.39. The average molecular weight is 283 g/mol. The molecule has 0 amide bonds.